The van der Waals surface area contributed by atoms with Crippen molar-refractivity contribution in [3.8, 4) is 0 Å². The fourth-order valence-corrected chi connectivity index (χ4v) is 7.62. The van der Waals surface area contributed by atoms with E-state index in [-0.39, 0.29) is 25.3 Å². The Labute approximate surface area is 278 Å². The first-order chi connectivity index (χ1) is 23.2. The summed E-state index contributed by atoms with van der Waals surface area (Å²) in [7, 11) is 0. The van der Waals surface area contributed by atoms with E-state index >= 15 is 0 Å². The van der Waals surface area contributed by atoms with Crippen molar-refractivity contribution < 1.29 is 32.7 Å². The second-order valence-corrected chi connectivity index (χ2v) is 13.2. The molecule has 3 saturated heterocycles. The summed E-state index contributed by atoms with van der Waals surface area (Å²) in [6.45, 7) is 2.59. The third-order valence-electron chi connectivity index (χ3n) is 10.1. The van der Waals surface area contributed by atoms with Crippen LogP contribution in [0.3, 0.4) is 0 Å². The lowest BCUT2D eigenvalue weighted by Gasteiger charge is -2.38. The molecule has 3 aromatic carbocycles. The van der Waals surface area contributed by atoms with Crippen LogP contribution < -0.4 is 10.6 Å². The molecule has 0 aromatic heterocycles. The van der Waals surface area contributed by atoms with Gasteiger partial charge in [-0.05, 0) is 97.8 Å². The molecule has 0 radical (unpaired) electrons. The van der Waals surface area contributed by atoms with Gasteiger partial charge in [0, 0.05) is 32.5 Å². The van der Waals surface area contributed by atoms with Gasteiger partial charge in [-0.2, -0.15) is 0 Å². The minimum atomic E-state index is -1.34. The third-order valence-corrected chi connectivity index (χ3v) is 10.1. The van der Waals surface area contributed by atoms with Gasteiger partial charge in [-0.25, -0.2) is 13.2 Å². The van der Waals surface area contributed by atoms with Crippen LogP contribution in [0.5, 0.6) is 0 Å². The van der Waals surface area contributed by atoms with E-state index in [9.17, 15) is 32.7 Å². The van der Waals surface area contributed by atoms with Crippen molar-refractivity contribution in [3.63, 3.8) is 0 Å². The minimum absolute atomic E-state index is 0.0137. The number of carbonyl (C=O) groups excluding carboxylic acids is 3. The summed E-state index contributed by atoms with van der Waals surface area (Å²) in [6, 6.07) is 15.1. The molecule has 4 atom stereocenters. The Hall–Kier alpha value is -4.22. The van der Waals surface area contributed by atoms with Gasteiger partial charge in [0.15, 0.2) is 0 Å². The highest BCUT2D eigenvalue weighted by Gasteiger charge is 2.47. The third kappa shape index (κ3) is 6.98. The lowest BCUT2D eigenvalue weighted by molar-refractivity contribution is -0.146. The Morgan fingerprint density at radius 2 is 1.35 bits per heavy atom. The van der Waals surface area contributed by atoms with Crippen LogP contribution in [0.4, 0.5) is 13.2 Å². The van der Waals surface area contributed by atoms with Crippen LogP contribution in [-0.4, -0.2) is 83.5 Å². The van der Waals surface area contributed by atoms with E-state index in [0.29, 0.717) is 48.5 Å². The molecule has 3 amide bonds. The summed E-state index contributed by atoms with van der Waals surface area (Å²) in [4.78, 5) is 44.8. The van der Waals surface area contributed by atoms with Gasteiger partial charge < -0.3 is 25.5 Å². The molecule has 11 heteroatoms. The number of carbonyl (C=O) groups is 3. The van der Waals surface area contributed by atoms with E-state index in [0.717, 1.165) is 25.9 Å². The minimum Gasteiger partial charge on any atom is -0.391 e. The van der Waals surface area contributed by atoms with E-state index in [4.69, 9.17) is 0 Å². The standard InChI is InChI=1S/C37H41F3N4O4/c38-28-11-5-25(6-12-28)37(26-7-13-29(39)14-8-26,27-9-15-30(40)16-10-27)20-34(46)44-23-31(45)19-33(44)36(48)43-18-2-4-32(43)35(47)42-22-24-3-1-17-41-21-24/h5-16,24,31-33,41,45H,1-4,17-23H2,(H,42,47)/t24-,31+,32+,33-/m0/s1. The van der Waals surface area contributed by atoms with E-state index in [1.165, 1.54) is 82.6 Å². The van der Waals surface area contributed by atoms with Gasteiger partial charge in [0.1, 0.15) is 29.5 Å². The second-order valence-electron chi connectivity index (χ2n) is 13.2. The Bertz CT molecular complexity index is 1490. The number of hydrogen-bond acceptors (Lipinski definition) is 5. The van der Waals surface area contributed by atoms with E-state index in [1.807, 2.05) is 0 Å². The van der Waals surface area contributed by atoms with Crippen molar-refractivity contribution in [2.45, 2.75) is 62.1 Å². The van der Waals surface area contributed by atoms with E-state index in [1.54, 1.807) is 0 Å². The summed E-state index contributed by atoms with van der Waals surface area (Å²) in [5.41, 5.74) is 0.171. The maximum Gasteiger partial charge on any atom is 0.246 e. The summed E-state index contributed by atoms with van der Waals surface area (Å²) in [5, 5.41) is 17.1. The molecule has 0 bridgehead atoms. The molecular weight excluding hydrogens is 621 g/mol. The number of nitrogens with zero attached hydrogens (tertiary/aromatic N) is 2. The molecule has 48 heavy (non-hydrogen) atoms. The molecule has 8 nitrogen and oxygen atoms in total. The highest BCUT2D eigenvalue weighted by molar-refractivity contribution is 5.93. The maximum atomic E-state index is 14.5. The summed E-state index contributed by atoms with van der Waals surface area (Å²) < 4.78 is 42.5. The fourth-order valence-electron chi connectivity index (χ4n) is 7.62. The zero-order valence-electron chi connectivity index (χ0n) is 26.7. The predicted molar refractivity (Wildman–Crippen MR) is 173 cm³/mol. The number of β-amino-alcohol motifs (C(OH)–C–C–N with tert-alkyl or cyclic N) is 1. The van der Waals surface area contributed by atoms with Gasteiger partial charge >= 0.3 is 0 Å². The predicted octanol–water partition coefficient (Wildman–Crippen LogP) is 3.90. The van der Waals surface area contributed by atoms with E-state index in [2.05, 4.69) is 10.6 Å². The zero-order chi connectivity index (χ0) is 33.8. The average Bonchev–Trinajstić information content (AvgIpc) is 3.75. The quantitative estimate of drug-likeness (QED) is 0.302. The number of likely N-dealkylation sites (tertiary alicyclic amines) is 2. The van der Waals surface area contributed by atoms with Crippen molar-refractivity contribution >= 4 is 17.7 Å². The fraction of sp³-hybridized carbons (Fsp3) is 0.432. The normalized spacial score (nSPS) is 22.9. The van der Waals surface area contributed by atoms with Crippen LogP contribution >= 0.6 is 0 Å². The highest BCUT2D eigenvalue weighted by Crippen LogP contribution is 2.43. The number of aliphatic hydroxyl groups excluding tert-OH is 1. The molecule has 254 valence electrons. The molecule has 3 fully saturated rings. The van der Waals surface area contributed by atoms with Gasteiger partial charge in [0.25, 0.3) is 0 Å². The van der Waals surface area contributed by atoms with Gasteiger partial charge in [-0.15, -0.1) is 0 Å². The maximum absolute atomic E-state index is 14.5. The van der Waals surface area contributed by atoms with Gasteiger partial charge in [0.05, 0.1) is 11.5 Å². The number of hydrogen-bond donors (Lipinski definition) is 3. The van der Waals surface area contributed by atoms with Gasteiger partial charge in [0.2, 0.25) is 17.7 Å². The van der Waals surface area contributed by atoms with Crippen molar-refractivity contribution in [2.24, 2.45) is 5.92 Å². The first-order valence-electron chi connectivity index (χ1n) is 16.7. The van der Waals surface area contributed by atoms with Gasteiger partial charge in [-0.1, -0.05) is 36.4 Å². The van der Waals surface area contributed by atoms with Crippen LogP contribution in [0.15, 0.2) is 72.8 Å². The van der Waals surface area contributed by atoms with Crippen LogP contribution in [0.25, 0.3) is 0 Å². The number of rotatable bonds is 9. The molecule has 3 aliphatic rings. The van der Waals surface area contributed by atoms with Crippen LogP contribution in [0.2, 0.25) is 0 Å². The summed E-state index contributed by atoms with van der Waals surface area (Å²) in [6.07, 6.45) is 1.98. The number of amides is 3. The van der Waals surface area contributed by atoms with Crippen LogP contribution in [0, 0.1) is 23.4 Å². The van der Waals surface area contributed by atoms with Crippen LogP contribution in [-0.2, 0) is 19.8 Å². The number of benzene rings is 3. The smallest absolute Gasteiger partial charge is 0.246 e. The van der Waals surface area contributed by atoms with E-state index < -0.39 is 52.9 Å². The summed E-state index contributed by atoms with van der Waals surface area (Å²) >= 11 is 0. The van der Waals surface area contributed by atoms with Crippen molar-refractivity contribution in [1.82, 2.24) is 20.4 Å². The highest BCUT2D eigenvalue weighted by atomic mass is 19.1. The Kier molecular flexibility index (Phi) is 10.2. The molecule has 3 heterocycles. The second kappa shape index (κ2) is 14.5. The summed E-state index contributed by atoms with van der Waals surface area (Å²) in [5.74, 6) is -2.25. The average molecular weight is 663 g/mol. The molecule has 3 N–H and O–H groups in total. The molecular formula is C37H41F3N4O4. The molecule has 0 aliphatic carbocycles. The number of halogens is 3. The first kappa shape index (κ1) is 33.7. The topological polar surface area (TPSA) is 102 Å². The Balaban J connectivity index is 1.30. The Morgan fingerprint density at radius 3 is 1.88 bits per heavy atom. The number of aliphatic hydroxyl groups is 1. The molecule has 0 spiro atoms. The monoisotopic (exact) mass is 662 g/mol. The lowest BCUT2D eigenvalue weighted by atomic mass is 9.67. The SMILES string of the molecule is O=C(NC[C@H]1CCCNC1)[C@H]1CCCN1C(=O)[C@@H]1C[C@@H](O)CN1C(=O)CC(c1ccc(F)cc1)(c1ccc(F)cc1)c1ccc(F)cc1. The van der Waals surface area contributed by atoms with Crippen molar-refractivity contribution in [2.75, 3.05) is 32.7 Å². The molecule has 6 rings (SSSR count). The Morgan fingerprint density at radius 1 is 0.792 bits per heavy atom. The molecule has 3 aromatic rings. The lowest BCUT2D eigenvalue weighted by Crippen LogP contribution is -2.54. The first-order valence-corrected chi connectivity index (χ1v) is 16.7. The largest absolute Gasteiger partial charge is 0.391 e. The molecule has 0 unspecified atom stereocenters. The van der Waals surface area contributed by atoms with Crippen molar-refractivity contribution in [1.29, 1.82) is 0 Å². The van der Waals surface area contributed by atoms with Crippen molar-refractivity contribution in [3.05, 3.63) is 107 Å². The number of piperidine rings is 1. The van der Waals surface area contributed by atoms with Gasteiger partial charge in [-0.3, -0.25) is 14.4 Å². The molecule has 0 saturated carbocycles. The molecule has 3 aliphatic heterocycles. The number of nitrogens with one attached hydrogen (secondary N) is 2. The zero-order valence-corrected chi connectivity index (χ0v) is 26.7. The van der Waals surface area contributed by atoms with Crippen LogP contribution in [0.1, 0.15) is 55.2 Å².